The number of ether oxygens (including phenoxy) is 1. The second kappa shape index (κ2) is 7.79. The van der Waals surface area contributed by atoms with Crippen LogP contribution in [0, 0.1) is 5.92 Å². The highest BCUT2D eigenvalue weighted by Gasteiger charge is 2.29. The number of rotatable bonds is 6. The van der Waals surface area contributed by atoms with E-state index < -0.39 is 0 Å². The van der Waals surface area contributed by atoms with Gasteiger partial charge in [-0.15, -0.1) is 0 Å². The van der Waals surface area contributed by atoms with E-state index in [2.05, 4.69) is 15.6 Å². The topological polar surface area (TPSA) is 88.5 Å². The van der Waals surface area contributed by atoms with Crippen LogP contribution in [0.1, 0.15) is 25.3 Å². The molecule has 1 aromatic heterocycles. The van der Waals surface area contributed by atoms with Crippen LogP contribution < -0.4 is 15.7 Å². The van der Waals surface area contributed by atoms with Gasteiger partial charge in [0.1, 0.15) is 5.75 Å². The van der Waals surface area contributed by atoms with Crippen molar-refractivity contribution >= 4 is 11.6 Å². The van der Waals surface area contributed by atoms with Gasteiger partial charge in [-0.2, -0.15) is 5.10 Å². The molecule has 1 aliphatic carbocycles. The third-order valence-electron chi connectivity index (χ3n) is 4.93. The summed E-state index contributed by atoms with van der Waals surface area (Å²) in [5, 5.41) is 7.39. The van der Waals surface area contributed by atoms with E-state index in [1.165, 1.54) is 4.68 Å². The number of methoxy groups -OCH3 is 1. The van der Waals surface area contributed by atoms with Crippen molar-refractivity contribution in [3.05, 3.63) is 70.5 Å². The lowest BCUT2D eigenvalue weighted by Crippen LogP contribution is -2.24. The van der Waals surface area contributed by atoms with Gasteiger partial charge in [-0.25, -0.2) is 10.1 Å². The van der Waals surface area contributed by atoms with Crippen molar-refractivity contribution < 1.29 is 9.53 Å². The second-order valence-corrected chi connectivity index (χ2v) is 7.01. The molecule has 2 aromatic carbocycles. The summed E-state index contributed by atoms with van der Waals surface area (Å²) in [6.45, 7) is 1.72. The molecule has 4 rings (SSSR count). The fourth-order valence-corrected chi connectivity index (χ4v) is 3.13. The first-order valence-corrected chi connectivity index (χ1v) is 9.48. The Morgan fingerprint density at radius 1 is 1.14 bits per heavy atom. The van der Waals surface area contributed by atoms with Crippen LogP contribution >= 0.6 is 0 Å². The smallest absolute Gasteiger partial charge is 0.281 e. The fourth-order valence-electron chi connectivity index (χ4n) is 3.13. The van der Waals surface area contributed by atoms with Gasteiger partial charge in [0.15, 0.2) is 0 Å². The maximum Gasteiger partial charge on any atom is 0.281 e. The van der Waals surface area contributed by atoms with Crippen LogP contribution in [0.3, 0.4) is 0 Å². The molecule has 3 aromatic rings. The standard InChI is InChI=1S/C22H22N4O3/c1-14(23-24-21(27)16-8-9-16)19-20(15-6-4-3-5-7-15)25-26(22(19)28)17-10-12-18(29-2)13-11-17/h3-7,10-13,16,25H,8-9H2,1-2H3,(H,24,27)/b23-14+. The summed E-state index contributed by atoms with van der Waals surface area (Å²) in [4.78, 5) is 25.2. The maximum atomic E-state index is 13.3. The zero-order chi connectivity index (χ0) is 20.4. The molecule has 0 spiro atoms. The SMILES string of the molecule is COc1ccc(-n2[nH]c(-c3ccccc3)c(/C(C)=N/NC(=O)C3CC3)c2=O)cc1. The molecule has 7 heteroatoms. The zero-order valence-corrected chi connectivity index (χ0v) is 16.3. The van der Waals surface area contributed by atoms with Gasteiger partial charge in [0.2, 0.25) is 5.91 Å². The average molecular weight is 390 g/mol. The van der Waals surface area contributed by atoms with Crippen molar-refractivity contribution in [1.29, 1.82) is 0 Å². The molecule has 1 amide bonds. The Morgan fingerprint density at radius 2 is 1.83 bits per heavy atom. The normalized spacial score (nSPS) is 13.9. The van der Waals surface area contributed by atoms with Crippen molar-refractivity contribution in [2.24, 2.45) is 11.0 Å². The number of nitrogens with one attached hydrogen (secondary N) is 2. The quantitative estimate of drug-likeness (QED) is 0.501. The van der Waals surface area contributed by atoms with E-state index >= 15 is 0 Å². The first kappa shape index (κ1) is 18.7. The first-order valence-electron chi connectivity index (χ1n) is 9.48. The number of carbonyl (C=O) groups excluding carboxylic acids is 1. The minimum atomic E-state index is -0.240. The molecule has 0 atom stereocenters. The van der Waals surface area contributed by atoms with Crippen LogP contribution in [-0.2, 0) is 4.79 Å². The van der Waals surface area contributed by atoms with E-state index in [0.29, 0.717) is 28.4 Å². The molecule has 2 N–H and O–H groups in total. The van der Waals surface area contributed by atoms with Crippen LogP contribution in [0.5, 0.6) is 5.75 Å². The Labute approximate surface area is 168 Å². The number of hydrogen-bond acceptors (Lipinski definition) is 4. The van der Waals surface area contributed by atoms with Gasteiger partial charge in [-0.05, 0) is 44.0 Å². The lowest BCUT2D eigenvalue weighted by atomic mass is 10.1. The van der Waals surface area contributed by atoms with Gasteiger partial charge in [0, 0.05) is 11.5 Å². The number of nitrogens with zero attached hydrogens (tertiary/aromatic N) is 2. The van der Waals surface area contributed by atoms with Gasteiger partial charge >= 0.3 is 0 Å². The zero-order valence-electron chi connectivity index (χ0n) is 16.3. The molecule has 7 nitrogen and oxygen atoms in total. The number of amides is 1. The molecule has 1 saturated carbocycles. The number of carbonyl (C=O) groups is 1. The third kappa shape index (κ3) is 3.85. The summed E-state index contributed by atoms with van der Waals surface area (Å²) in [5.74, 6) is 0.649. The molecule has 0 unspecified atom stereocenters. The summed E-state index contributed by atoms with van der Waals surface area (Å²) in [7, 11) is 1.59. The number of aromatic amines is 1. The summed E-state index contributed by atoms with van der Waals surface area (Å²) in [5.41, 5.74) is 5.39. The third-order valence-corrected chi connectivity index (χ3v) is 4.93. The molecule has 1 heterocycles. The van der Waals surface area contributed by atoms with Gasteiger partial charge in [0.05, 0.1) is 29.8 Å². The van der Waals surface area contributed by atoms with E-state index in [1.54, 1.807) is 38.3 Å². The number of hydrogen-bond donors (Lipinski definition) is 2. The summed E-state index contributed by atoms with van der Waals surface area (Å²) >= 11 is 0. The summed E-state index contributed by atoms with van der Waals surface area (Å²) < 4.78 is 6.66. The van der Waals surface area contributed by atoms with Crippen LogP contribution in [0.2, 0.25) is 0 Å². The van der Waals surface area contributed by atoms with Crippen LogP contribution in [0.25, 0.3) is 16.9 Å². The van der Waals surface area contributed by atoms with E-state index in [1.807, 2.05) is 30.3 Å². The van der Waals surface area contributed by atoms with E-state index in [-0.39, 0.29) is 17.4 Å². The fraction of sp³-hybridized carbons (Fsp3) is 0.227. The maximum absolute atomic E-state index is 13.3. The summed E-state index contributed by atoms with van der Waals surface area (Å²) in [6.07, 6.45) is 1.79. The molecule has 1 aliphatic rings. The lowest BCUT2D eigenvalue weighted by molar-refractivity contribution is -0.122. The molecule has 148 valence electrons. The summed E-state index contributed by atoms with van der Waals surface area (Å²) in [6, 6.07) is 16.8. The largest absolute Gasteiger partial charge is 0.497 e. The molecular weight excluding hydrogens is 368 g/mol. The highest BCUT2D eigenvalue weighted by atomic mass is 16.5. The van der Waals surface area contributed by atoms with E-state index in [0.717, 1.165) is 18.4 Å². The van der Waals surface area contributed by atoms with Crippen LogP contribution in [0.4, 0.5) is 0 Å². The van der Waals surface area contributed by atoms with Crippen LogP contribution in [-0.4, -0.2) is 28.5 Å². The predicted octanol–water partition coefficient (Wildman–Crippen LogP) is 3.09. The minimum Gasteiger partial charge on any atom is -0.497 e. The highest BCUT2D eigenvalue weighted by molar-refractivity contribution is 6.04. The molecule has 0 aliphatic heterocycles. The number of benzene rings is 2. The Kier molecular flexibility index (Phi) is 5.03. The number of hydrazone groups is 1. The average Bonchev–Trinajstić information content (AvgIpc) is 3.55. The minimum absolute atomic E-state index is 0.0438. The Bertz CT molecular complexity index is 1110. The van der Waals surface area contributed by atoms with E-state index in [4.69, 9.17) is 4.74 Å². The molecule has 29 heavy (non-hydrogen) atoms. The van der Waals surface area contributed by atoms with Crippen molar-refractivity contribution in [1.82, 2.24) is 15.2 Å². The molecular formula is C22H22N4O3. The van der Waals surface area contributed by atoms with Crippen molar-refractivity contribution in [2.45, 2.75) is 19.8 Å². The van der Waals surface area contributed by atoms with Gasteiger partial charge in [0.25, 0.3) is 5.56 Å². The molecule has 0 radical (unpaired) electrons. The Hall–Kier alpha value is -3.61. The lowest BCUT2D eigenvalue weighted by Gasteiger charge is -2.04. The molecule has 1 fully saturated rings. The van der Waals surface area contributed by atoms with Crippen molar-refractivity contribution in [3.8, 4) is 22.7 Å². The number of aromatic nitrogens is 2. The van der Waals surface area contributed by atoms with E-state index in [9.17, 15) is 9.59 Å². The van der Waals surface area contributed by atoms with Gasteiger partial charge in [-0.1, -0.05) is 30.3 Å². The van der Waals surface area contributed by atoms with Gasteiger partial charge < -0.3 is 4.74 Å². The number of H-pyrrole nitrogens is 1. The highest BCUT2D eigenvalue weighted by Crippen LogP contribution is 2.28. The van der Waals surface area contributed by atoms with Crippen molar-refractivity contribution in [2.75, 3.05) is 7.11 Å². The van der Waals surface area contributed by atoms with Crippen molar-refractivity contribution in [3.63, 3.8) is 0 Å². The molecule has 0 bridgehead atoms. The monoisotopic (exact) mass is 390 g/mol. The molecule has 0 saturated heterocycles. The second-order valence-electron chi connectivity index (χ2n) is 7.01. The Balaban J connectivity index is 1.79. The van der Waals surface area contributed by atoms with Gasteiger partial charge in [-0.3, -0.25) is 14.7 Å². The van der Waals surface area contributed by atoms with Crippen LogP contribution in [0.15, 0.2) is 64.5 Å². The Morgan fingerprint density at radius 3 is 2.45 bits per heavy atom. The first-order chi connectivity index (χ1) is 14.1. The predicted molar refractivity (Wildman–Crippen MR) is 111 cm³/mol.